The summed E-state index contributed by atoms with van der Waals surface area (Å²) in [5, 5.41) is 0. The van der Waals surface area contributed by atoms with Gasteiger partial charge in [-0.25, -0.2) is 4.98 Å². The van der Waals surface area contributed by atoms with E-state index in [-0.39, 0.29) is 42.1 Å². The number of fused-ring (bicyclic) bond motifs is 1. The van der Waals surface area contributed by atoms with E-state index in [0.717, 1.165) is 32.0 Å². The number of aromatic nitrogens is 1. The van der Waals surface area contributed by atoms with E-state index in [9.17, 15) is 14.4 Å². The normalized spacial score (nSPS) is 24.7. The van der Waals surface area contributed by atoms with Crippen LogP contribution in [0.25, 0.3) is 0 Å². The monoisotopic (exact) mass is 440 g/mol. The Bertz CT molecular complexity index is 838. The van der Waals surface area contributed by atoms with Crippen molar-refractivity contribution < 1.29 is 19.1 Å². The molecule has 2 fully saturated rings. The Labute approximate surface area is 189 Å². The zero-order chi connectivity index (χ0) is 22.7. The summed E-state index contributed by atoms with van der Waals surface area (Å²) in [5.41, 5.74) is 0. The number of pyridine rings is 1. The average Bonchev–Trinajstić information content (AvgIpc) is 3.05. The van der Waals surface area contributed by atoms with Crippen LogP contribution in [0.2, 0.25) is 0 Å². The zero-order valence-electron chi connectivity index (χ0n) is 18.9. The van der Waals surface area contributed by atoms with E-state index in [1.54, 1.807) is 20.0 Å². The molecule has 1 aromatic heterocycles. The molecule has 0 bridgehead atoms. The maximum absolute atomic E-state index is 12.9. The molecule has 0 spiro atoms. The number of esters is 1. The molecule has 1 aliphatic carbocycles. The molecule has 0 saturated carbocycles. The third-order valence-corrected chi connectivity index (χ3v) is 6.55. The van der Waals surface area contributed by atoms with Crippen LogP contribution in [0.3, 0.4) is 0 Å². The number of nitrogens with zero attached hydrogens (tertiary/aromatic N) is 4. The van der Waals surface area contributed by atoms with E-state index < -0.39 is 6.10 Å². The largest absolute Gasteiger partial charge is 0.459 e. The number of amides is 2. The lowest BCUT2D eigenvalue weighted by atomic mass is 9.85. The van der Waals surface area contributed by atoms with E-state index in [1.807, 2.05) is 30.4 Å². The average molecular weight is 441 g/mol. The molecule has 0 radical (unpaired) electrons. The first-order valence-electron chi connectivity index (χ1n) is 11.5. The lowest BCUT2D eigenvalue weighted by Crippen LogP contribution is -2.51. The second kappa shape index (κ2) is 9.81. The molecule has 8 nitrogen and oxygen atoms in total. The molecule has 4 rings (SSSR count). The van der Waals surface area contributed by atoms with Crippen LogP contribution in [-0.4, -0.2) is 77.9 Å². The molecule has 3 heterocycles. The quantitative estimate of drug-likeness (QED) is 0.363. The van der Waals surface area contributed by atoms with Gasteiger partial charge in [-0.15, -0.1) is 0 Å². The minimum Gasteiger partial charge on any atom is -0.459 e. The maximum atomic E-state index is 12.9. The minimum absolute atomic E-state index is 0.129. The molecule has 172 valence electrons. The molecule has 0 aromatic carbocycles. The van der Waals surface area contributed by atoms with Crippen molar-refractivity contribution in [2.45, 2.75) is 32.8 Å². The summed E-state index contributed by atoms with van der Waals surface area (Å²) in [6, 6.07) is 5.88. The predicted molar refractivity (Wildman–Crippen MR) is 120 cm³/mol. The van der Waals surface area contributed by atoms with Crippen molar-refractivity contribution in [1.82, 2.24) is 14.8 Å². The highest BCUT2D eigenvalue weighted by atomic mass is 16.5. The second-order valence-electron chi connectivity index (χ2n) is 9.13. The molecule has 1 unspecified atom stereocenters. The Morgan fingerprint density at radius 3 is 2.25 bits per heavy atom. The lowest BCUT2D eigenvalue weighted by molar-refractivity contribution is -0.158. The van der Waals surface area contributed by atoms with Crippen molar-refractivity contribution in [1.29, 1.82) is 0 Å². The summed E-state index contributed by atoms with van der Waals surface area (Å²) < 4.78 is 5.77. The van der Waals surface area contributed by atoms with Gasteiger partial charge in [0.1, 0.15) is 11.9 Å². The molecule has 1 aromatic rings. The van der Waals surface area contributed by atoms with Crippen LogP contribution in [0.4, 0.5) is 5.82 Å². The molecule has 3 aliphatic rings. The Hall–Kier alpha value is -2.74. The molecular formula is C24H32N4O4. The van der Waals surface area contributed by atoms with E-state index in [2.05, 4.69) is 14.8 Å². The van der Waals surface area contributed by atoms with Crippen molar-refractivity contribution in [3.8, 4) is 0 Å². The first kappa shape index (κ1) is 22.5. The van der Waals surface area contributed by atoms with Gasteiger partial charge in [-0.05, 0) is 25.0 Å². The van der Waals surface area contributed by atoms with Crippen LogP contribution in [0.5, 0.6) is 0 Å². The number of ether oxygens (including phenoxy) is 1. The van der Waals surface area contributed by atoms with E-state index in [0.29, 0.717) is 19.4 Å². The number of carbonyl (C=O) groups is 3. The van der Waals surface area contributed by atoms with Gasteiger partial charge in [-0.2, -0.15) is 0 Å². The molecule has 3 atom stereocenters. The van der Waals surface area contributed by atoms with Gasteiger partial charge < -0.3 is 9.64 Å². The van der Waals surface area contributed by atoms with E-state index in [4.69, 9.17) is 4.74 Å². The van der Waals surface area contributed by atoms with Crippen molar-refractivity contribution in [3.63, 3.8) is 0 Å². The number of anilines is 1. The number of carbonyl (C=O) groups excluding carboxylic acids is 3. The summed E-state index contributed by atoms with van der Waals surface area (Å²) in [6.45, 7) is 7.43. The molecule has 32 heavy (non-hydrogen) atoms. The van der Waals surface area contributed by atoms with Gasteiger partial charge in [-0.1, -0.05) is 32.1 Å². The first-order chi connectivity index (χ1) is 15.4. The fraction of sp³-hybridized carbons (Fsp3) is 0.583. The fourth-order valence-electron chi connectivity index (χ4n) is 4.67. The SMILES string of the molecule is CC(C)C(=O)OC(CN1CCN(c2ccccn2)CC1)CN1C(=O)[C@H]2CC=CC[C@H]2C1=O. The minimum atomic E-state index is -0.535. The highest BCUT2D eigenvalue weighted by Crippen LogP contribution is 2.35. The standard InChI is InChI=1S/C24H32N4O4/c1-17(2)24(31)32-18(16-28-22(29)19-7-3-4-8-20(19)23(28)30)15-26-11-13-27(14-12-26)21-9-5-6-10-25-21/h3-6,9-10,17-20H,7-8,11-16H2,1-2H3/t18?,19-,20+. The Kier molecular flexibility index (Phi) is 6.89. The van der Waals surface area contributed by atoms with Crippen LogP contribution in [0.15, 0.2) is 36.5 Å². The molecule has 2 saturated heterocycles. The Morgan fingerprint density at radius 1 is 1.03 bits per heavy atom. The van der Waals surface area contributed by atoms with Crippen molar-refractivity contribution in [3.05, 3.63) is 36.5 Å². The highest BCUT2D eigenvalue weighted by Gasteiger charge is 2.48. The van der Waals surface area contributed by atoms with E-state index in [1.165, 1.54) is 4.90 Å². The van der Waals surface area contributed by atoms with Crippen LogP contribution < -0.4 is 4.90 Å². The zero-order valence-corrected chi connectivity index (χ0v) is 18.9. The Balaban J connectivity index is 1.39. The van der Waals surface area contributed by atoms with Gasteiger partial charge in [-0.3, -0.25) is 24.2 Å². The summed E-state index contributed by atoms with van der Waals surface area (Å²) in [4.78, 5) is 48.4. The Morgan fingerprint density at radius 2 is 1.69 bits per heavy atom. The lowest BCUT2D eigenvalue weighted by Gasteiger charge is -2.37. The molecule has 8 heteroatoms. The number of imide groups is 1. The number of allylic oxidation sites excluding steroid dienone is 2. The summed E-state index contributed by atoms with van der Waals surface area (Å²) in [7, 11) is 0. The van der Waals surface area contributed by atoms with Gasteiger partial charge in [0.05, 0.1) is 24.3 Å². The number of hydrogen-bond donors (Lipinski definition) is 0. The van der Waals surface area contributed by atoms with Gasteiger partial charge in [0, 0.05) is 38.9 Å². The van der Waals surface area contributed by atoms with Crippen molar-refractivity contribution >= 4 is 23.6 Å². The van der Waals surface area contributed by atoms with Gasteiger partial charge in [0.15, 0.2) is 0 Å². The van der Waals surface area contributed by atoms with E-state index >= 15 is 0 Å². The summed E-state index contributed by atoms with van der Waals surface area (Å²) >= 11 is 0. The molecular weight excluding hydrogens is 408 g/mol. The predicted octanol–water partition coefficient (Wildman–Crippen LogP) is 1.72. The fourth-order valence-corrected chi connectivity index (χ4v) is 4.67. The van der Waals surface area contributed by atoms with Gasteiger partial charge in [0.2, 0.25) is 11.8 Å². The van der Waals surface area contributed by atoms with Crippen LogP contribution in [-0.2, 0) is 19.1 Å². The third kappa shape index (κ3) is 4.85. The first-order valence-corrected chi connectivity index (χ1v) is 11.5. The van der Waals surface area contributed by atoms with Gasteiger partial charge in [0.25, 0.3) is 0 Å². The van der Waals surface area contributed by atoms with Crippen LogP contribution in [0, 0.1) is 17.8 Å². The van der Waals surface area contributed by atoms with Crippen molar-refractivity contribution in [2.75, 3.05) is 44.2 Å². The van der Waals surface area contributed by atoms with Crippen LogP contribution in [0.1, 0.15) is 26.7 Å². The highest BCUT2D eigenvalue weighted by molar-refractivity contribution is 6.05. The maximum Gasteiger partial charge on any atom is 0.308 e. The third-order valence-electron chi connectivity index (χ3n) is 6.55. The second-order valence-corrected chi connectivity index (χ2v) is 9.13. The summed E-state index contributed by atoms with van der Waals surface area (Å²) in [5.74, 6) is -0.411. The smallest absolute Gasteiger partial charge is 0.308 e. The topological polar surface area (TPSA) is 83.1 Å². The number of rotatable bonds is 7. The molecule has 2 amide bonds. The molecule has 0 N–H and O–H groups in total. The van der Waals surface area contributed by atoms with Crippen molar-refractivity contribution in [2.24, 2.45) is 17.8 Å². The van der Waals surface area contributed by atoms with Gasteiger partial charge >= 0.3 is 5.97 Å². The summed E-state index contributed by atoms with van der Waals surface area (Å²) in [6.07, 6.45) is 6.43. The van der Waals surface area contributed by atoms with Crippen LogP contribution >= 0.6 is 0 Å². The number of likely N-dealkylation sites (tertiary alicyclic amines) is 1. The molecule has 2 aliphatic heterocycles. The number of hydrogen-bond acceptors (Lipinski definition) is 7. The number of piperazine rings is 1.